The van der Waals surface area contributed by atoms with E-state index in [2.05, 4.69) is 9.72 Å². The summed E-state index contributed by atoms with van der Waals surface area (Å²) >= 11 is 1.08. The van der Waals surface area contributed by atoms with Crippen molar-refractivity contribution >= 4 is 29.7 Å². The van der Waals surface area contributed by atoms with E-state index in [0.29, 0.717) is 5.03 Å². The van der Waals surface area contributed by atoms with E-state index in [1.807, 2.05) is 0 Å². The topological polar surface area (TPSA) is 96.8 Å². The molecule has 0 saturated carbocycles. The quantitative estimate of drug-likeness (QED) is 0.817. The minimum Gasteiger partial charge on any atom is -0.478 e. The number of ether oxygens (including phenoxy) is 1. The Morgan fingerprint density at radius 3 is 2.95 bits per heavy atom. The van der Waals surface area contributed by atoms with Crippen LogP contribution in [0.3, 0.4) is 0 Å². The van der Waals surface area contributed by atoms with Gasteiger partial charge in [0.1, 0.15) is 6.61 Å². The number of carboxylic acid groups (broad SMARTS) is 1. The third-order valence-corrected chi connectivity index (χ3v) is 3.30. The summed E-state index contributed by atoms with van der Waals surface area (Å²) in [5.74, 6) is -1.43. The number of nitrogens with zero attached hydrogens (tertiary/aromatic N) is 2. The Balaban J connectivity index is 1.95. The number of pyridine rings is 1. The molecule has 1 saturated heterocycles. The first-order valence-electron chi connectivity index (χ1n) is 5.37. The van der Waals surface area contributed by atoms with Crippen LogP contribution in [-0.2, 0) is 9.53 Å². The van der Waals surface area contributed by atoms with Crippen molar-refractivity contribution in [3.63, 3.8) is 0 Å². The molecule has 0 unspecified atom stereocenters. The maximum absolute atomic E-state index is 11.7. The van der Waals surface area contributed by atoms with Gasteiger partial charge in [-0.15, -0.1) is 0 Å². The Morgan fingerprint density at radius 1 is 1.53 bits per heavy atom. The zero-order valence-electron chi connectivity index (χ0n) is 9.74. The summed E-state index contributed by atoms with van der Waals surface area (Å²) in [6, 6.07) is 2.74. The van der Waals surface area contributed by atoms with Crippen LogP contribution in [0.2, 0.25) is 0 Å². The number of amides is 2. The van der Waals surface area contributed by atoms with Crippen LogP contribution in [0.4, 0.5) is 4.79 Å². The summed E-state index contributed by atoms with van der Waals surface area (Å²) < 4.78 is 4.65. The monoisotopic (exact) mass is 282 g/mol. The van der Waals surface area contributed by atoms with Crippen LogP contribution in [0.5, 0.6) is 0 Å². The maximum atomic E-state index is 11.7. The van der Waals surface area contributed by atoms with Gasteiger partial charge in [0.15, 0.2) is 0 Å². The van der Waals surface area contributed by atoms with Crippen molar-refractivity contribution in [3.8, 4) is 0 Å². The lowest BCUT2D eigenvalue weighted by atomic mass is 10.3. The molecule has 0 bridgehead atoms. The number of carbonyl (C=O) groups excluding carboxylic acids is 2. The molecule has 100 valence electrons. The second-order valence-corrected chi connectivity index (χ2v) is 4.63. The number of aromatic carboxylic acids is 1. The molecule has 0 atom stereocenters. The zero-order chi connectivity index (χ0) is 13.8. The van der Waals surface area contributed by atoms with Crippen molar-refractivity contribution in [1.82, 2.24) is 9.88 Å². The van der Waals surface area contributed by atoms with E-state index in [-0.39, 0.29) is 30.4 Å². The van der Waals surface area contributed by atoms with Crippen molar-refractivity contribution in [3.05, 3.63) is 23.9 Å². The molecule has 0 radical (unpaired) electrons. The predicted octanol–water partition coefficient (Wildman–Crippen LogP) is 0.851. The first-order valence-corrected chi connectivity index (χ1v) is 6.36. The summed E-state index contributed by atoms with van der Waals surface area (Å²) in [6.45, 7) is 0.461. The lowest BCUT2D eigenvalue weighted by Crippen LogP contribution is -2.33. The molecule has 0 spiro atoms. The molecular formula is C11H10N2O5S. The van der Waals surface area contributed by atoms with E-state index < -0.39 is 12.1 Å². The van der Waals surface area contributed by atoms with Gasteiger partial charge in [-0.05, 0) is 12.1 Å². The van der Waals surface area contributed by atoms with Crippen LogP contribution >= 0.6 is 11.8 Å². The van der Waals surface area contributed by atoms with Gasteiger partial charge in [-0.3, -0.25) is 4.79 Å². The van der Waals surface area contributed by atoms with E-state index in [9.17, 15) is 14.4 Å². The number of rotatable bonds is 4. The van der Waals surface area contributed by atoms with Gasteiger partial charge < -0.3 is 9.84 Å². The highest BCUT2D eigenvalue weighted by atomic mass is 32.2. The molecule has 0 aliphatic carbocycles. The van der Waals surface area contributed by atoms with Crippen LogP contribution in [0, 0.1) is 0 Å². The Labute approximate surface area is 112 Å². The number of hydrogen-bond acceptors (Lipinski definition) is 6. The highest BCUT2D eigenvalue weighted by molar-refractivity contribution is 7.99. The number of aromatic nitrogens is 1. The summed E-state index contributed by atoms with van der Waals surface area (Å²) in [7, 11) is 0. The summed E-state index contributed by atoms with van der Waals surface area (Å²) in [5.41, 5.74) is 0.102. The number of carbonyl (C=O) groups is 3. The maximum Gasteiger partial charge on any atom is 0.416 e. The SMILES string of the molecule is O=C(O)c1ccnc(SCC(=O)N2CCOC2=O)c1. The molecule has 1 fully saturated rings. The van der Waals surface area contributed by atoms with Gasteiger partial charge in [0.2, 0.25) is 5.91 Å². The molecule has 1 aromatic heterocycles. The van der Waals surface area contributed by atoms with Gasteiger partial charge >= 0.3 is 12.1 Å². The largest absolute Gasteiger partial charge is 0.478 e. The lowest BCUT2D eigenvalue weighted by molar-refractivity contribution is -0.125. The minimum atomic E-state index is -1.06. The number of carboxylic acids is 1. The molecule has 7 nitrogen and oxygen atoms in total. The molecule has 2 heterocycles. The minimum absolute atomic E-state index is 0.00513. The van der Waals surface area contributed by atoms with Gasteiger partial charge in [0, 0.05) is 6.20 Å². The fourth-order valence-electron chi connectivity index (χ4n) is 1.45. The van der Waals surface area contributed by atoms with Gasteiger partial charge in [0.05, 0.1) is 22.9 Å². The predicted molar refractivity (Wildman–Crippen MR) is 65.0 cm³/mol. The molecule has 1 aliphatic heterocycles. The molecule has 19 heavy (non-hydrogen) atoms. The fraction of sp³-hybridized carbons (Fsp3) is 0.273. The highest BCUT2D eigenvalue weighted by Crippen LogP contribution is 2.18. The third kappa shape index (κ3) is 3.22. The van der Waals surface area contributed by atoms with Crippen molar-refractivity contribution in [2.75, 3.05) is 18.9 Å². The Hall–Kier alpha value is -2.09. The van der Waals surface area contributed by atoms with Crippen LogP contribution in [-0.4, -0.2) is 51.9 Å². The van der Waals surface area contributed by atoms with Crippen molar-refractivity contribution in [2.45, 2.75) is 5.03 Å². The molecule has 8 heteroatoms. The fourth-order valence-corrected chi connectivity index (χ4v) is 2.23. The van der Waals surface area contributed by atoms with Gasteiger partial charge in [0.25, 0.3) is 0 Å². The first-order chi connectivity index (χ1) is 9.08. The van der Waals surface area contributed by atoms with Gasteiger partial charge in [-0.25, -0.2) is 19.5 Å². The highest BCUT2D eigenvalue weighted by Gasteiger charge is 2.28. The average Bonchev–Trinajstić information content (AvgIpc) is 2.82. The zero-order valence-corrected chi connectivity index (χ0v) is 10.6. The van der Waals surface area contributed by atoms with Crippen LogP contribution in [0.1, 0.15) is 10.4 Å². The molecule has 1 N–H and O–H groups in total. The Bertz CT molecular complexity index is 534. The first kappa shape index (κ1) is 13.3. The number of cyclic esters (lactones) is 1. The number of thioether (sulfide) groups is 1. The van der Waals surface area contributed by atoms with Crippen molar-refractivity contribution < 1.29 is 24.2 Å². The van der Waals surface area contributed by atoms with E-state index in [1.165, 1.54) is 18.3 Å². The molecule has 2 amide bonds. The lowest BCUT2D eigenvalue weighted by Gasteiger charge is -2.09. The average molecular weight is 282 g/mol. The van der Waals surface area contributed by atoms with E-state index in [1.54, 1.807) is 0 Å². The Kier molecular flexibility index (Phi) is 4.00. The van der Waals surface area contributed by atoms with E-state index >= 15 is 0 Å². The molecular weight excluding hydrogens is 272 g/mol. The van der Waals surface area contributed by atoms with Gasteiger partial charge in [-0.2, -0.15) is 0 Å². The molecule has 1 aliphatic rings. The summed E-state index contributed by atoms with van der Waals surface area (Å²) in [5, 5.41) is 9.24. The molecule has 2 rings (SSSR count). The van der Waals surface area contributed by atoms with E-state index in [4.69, 9.17) is 5.11 Å². The van der Waals surface area contributed by atoms with E-state index in [0.717, 1.165) is 16.7 Å². The van der Waals surface area contributed by atoms with Crippen molar-refractivity contribution in [2.24, 2.45) is 0 Å². The summed E-state index contributed by atoms with van der Waals surface area (Å²) in [4.78, 5) is 38.6. The van der Waals surface area contributed by atoms with Crippen LogP contribution in [0.25, 0.3) is 0 Å². The molecule has 0 aromatic carbocycles. The number of hydrogen-bond donors (Lipinski definition) is 1. The summed E-state index contributed by atoms with van der Waals surface area (Å²) in [6.07, 6.45) is 0.721. The smallest absolute Gasteiger partial charge is 0.416 e. The van der Waals surface area contributed by atoms with Crippen molar-refractivity contribution in [1.29, 1.82) is 0 Å². The van der Waals surface area contributed by atoms with Gasteiger partial charge in [-0.1, -0.05) is 11.8 Å². The number of imide groups is 1. The molecule has 1 aromatic rings. The van der Waals surface area contributed by atoms with Crippen LogP contribution < -0.4 is 0 Å². The Morgan fingerprint density at radius 2 is 2.32 bits per heavy atom. The second-order valence-electron chi connectivity index (χ2n) is 3.64. The van der Waals surface area contributed by atoms with Crippen LogP contribution in [0.15, 0.2) is 23.4 Å². The third-order valence-electron chi connectivity index (χ3n) is 2.39. The second kappa shape index (κ2) is 5.70. The standard InChI is InChI=1S/C11H10N2O5S/c14-9(13-3-4-18-11(13)17)6-19-8-5-7(10(15)16)1-2-12-8/h1-2,5H,3-4,6H2,(H,15,16). The normalized spacial score (nSPS) is 14.3.